The van der Waals surface area contributed by atoms with Crippen molar-refractivity contribution in [1.82, 2.24) is 16.0 Å². The van der Waals surface area contributed by atoms with E-state index in [1.54, 1.807) is 14.1 Å². The van der Waals surface area contributed by atoms with Gasteiger partial charge in [0.1, 0.15) is 0 Å². The SMILES string of the molecule is CN=C(NCCCOCC(C)C)NCC(C)(C)C(=O)NC. The Kier molecular flexibility index (Phi) is 9.78. The summed E-state index contributed by atoms with van der Waals surface area (Å²) in [4.78, 5) is 15.8. The Hall–Kier alpha value is -1.30. The zero-order valence-corrected chi connectivity index (χ0v) is 14.4. The second-order valence-electron chi connectivity index (χ2n) is 6.14. The van der Waals surface area contributed by atoms with Crippen LogP contribution in [-0.2, 0) is 9.53 Å². The largest absolute Gasteiger partial charge is 0.381 e. The van der Waals surface area contributed by atoms with E-state index in [4.69, 9.17) is 4.74 Å². The predicted octanol–water partition coefficient (Wildman–Crippen LogP) is 0.986. The minimum atomic E-state index is -0.479. The van der Waals surface area contributed by atoms with E-state index >= 15 is 0 Å². The van der Waals surface area contributed by atoms with Crippen LogP contribution in [-0.4, -0.2) is 52.3 Å². The summed E-state index contributed by atoms with van der Waals surface area (Å²) in [6, 6.07) is 0. The molecule has 0 aromatic heterocycles. The zero-order valence-electron chi connectivity index (χ0n) is 14.4. The monoisotopic (exact) mass is 300 g/mol. The normalized spacial score (nSPS) is 12.4. The molecular weight excluding hydrogens is 268 g/mol. The van der Waals surface area contributed by atoms with Crippen LogP contribution in [0.5, 0.6) is 0 Å². The second-order valence-corrected chi connectivity index (χ2v) is 6.14. The Balaban J connectivity index is 3.90. The van der Waals surface area contributed by atoms with E-state index in [9.17, 15) is 4.79 Å². The maximum absolute atomic E-state index is 11.7. The fraction of sp³-hybridized carbons (Fsp3) is 0.867. The lowest BCUT2D eigenvalue weighted by atomic mass is 9.92. The molecule has 1 amide bonds. The number of nitrogens with zero attached hydrogens (tertiary/aromatic N) is 1. The number of guanidine groups is 1. The van der Waals surface area contributed by atoms with Gasteiger partial charge in [-0.25, -0.2) is 0 Å². The molecule has 6 heteroatoms. The molecule has 0 saturated heterocycles. The van der Waals surface area contributed by atoms with Crippen molar-refractivity contribution in [2.45, 2.75) is 34.1 Å². The van der Waals surface area contributed by atoms with Gasteiger partial charge in [0.05, 0.1) is 5.41 Å². The smallest absolute Gasteiger partial charge is 0.227 e. The van der Waals surface area contributed by atoms with Crippen LogP contribution in [0.2, 0.25) is 0 Å². The molecule has 0 atom stereocenters. The molecule has 0 aromatic carbocycles. The van der Waals surface area contributed by atoms with Crippen molar-refractivity contribution in [3.8, 4) is 0 Å². The summed E-state index contributed by atoms with van der Waals surface area (Å²) in [5.41, 5.74) is -0.479. The molecule has 3 N–H and O–H groups in total. The van der Waals surface area contributed by atoms with Gasteiger partial charge in [0, 0.05) is 40.4 Å². The van der Waals surface area contributed by atoms with E-state index in [0.717, 1.165) is 26.2 Å². The highest BCUT2D eigenvalue weighted by molar-refractivity contribution is 5.84. The van der Waals surface area contributed by atoms with Crippen molar-refractivity contribution in [2.24, 2.45) is 16.3 Å². The Labute approximate surface area is 129 Å². The van der Waals surface area contributed by atoms with Crippen LogP contribution in [0.4, 0.5) is 0 Å². The maximum atomic E-state index is 11.7. The topological polar surface area (TPSA) is 74.8 Å². The summed E-state index contributed by atoms with van der Waals surface area (Å²) in [5.74, 6) is 1.28. The second kappa shape index (κ2) is 10.4. The lowest BCUT2D eigenvalue weighted by molar-refractivity contribution is -0.128. The summed E-state index contributed by atoms with van der Waals surface area (Å²) in [5, 5.41) is 9.05. The molecule has 124 valence electrons. The van der Waals surface area contributed by atoms with Crippen LogP contribution >= 0.6 is 0 Å². The molecule has 0 rings (SSSR count). The molecule has 0 unspecified atom stereocenters. The summed E-state index contributed by atoms with van der Waals surface area (Å²) in [7, 11) is 3.37. The van der Waals surface area contributed by atoms with Crippen molar-refractivity contribution >= 4 is 11.9 Å². The van der Waals surface area contributed by atoms with E-state index in [2.05, 4.69) is 34.8 Å². The Morgan fingerprint density at radius 1 is 1.29 bits per heavy atom. The molecule has 0 aromatic rings. The first kappa shape index (κ1) is 19.7. The fourth-order valence-corrected chi connectivity index (χ4v) is 1.64. The van der Waals surface area contributed by atoms with Crippen LogP contribution in [0.1, 0.15) is 34.1 Å². The number of hydrogen-bond donors (Lipinski definition) is 3. The molecule has 21 heavy (non-hydrogen) atoms. The minimum Gasteiger partial charge on any atom is -0.381 e. The molecule has 0 radical (unpaired) electrons. The van der Waals surface area contributed by atoms with Gasteiger partial charge in [0.15, 0.2) is 5.96 Å². The van der Waals surface area contributed by atoms with Gasteiger partial charge in [-0.15, -0.1) is 0 Å². The molecule has 0 bridgehead atoms. The van der Waals surface area contributed by atoms with Gasteiger partial charge < -0.3 is 20.7 Å². The van der Waals surface area contributed by atoms with Gasteiger partial charge in [-0.1, -0.05) is 13.8 Å². The molecular formula is C15H32N4O2. The Morgan fingerprint density at radius 2 is 1.95 bits per heavy atom. The van der Waals surface area contributed by atoms with Gasteiger partial charge in [-0.2, -0.15) is 0 Å². The Bertz CT molecular complexity index is 328. The van der Waals surface area contributed by atoms with Crippen molar-refractivity contribution in [1.29, 1.82) is 0 Å². The molecule has 0 aliphatic carbocycles. The van der Waals surface area contributed by atoms with Crippen molar-refractivity contribution < 1.29 is 9.53 Å². The van der Waals surface area contributed by atoms with Gasteiger partial charge in [0.25, 0.3) is 0 Å². The lowest BCUT2D eigenvalue weighted by Gasteiger charge is -2.24. The molecule has 6 nitrogen and oxygen atoms in total. The van der Waals surface area contributed by atoms with Gasteiger partial charge in [0.2, 0.25) is 5.91 Å². The number of carbonyl (C=O) groups is 1. The lowest BCUT2D eigenvalue weighted by Crippen LogP contribution is -2.47. The first-order valence-electron chi connectivity index (χ1n) is 7.58. The van der Waals surface area contributed by atoms with E-state index < -0.39 is 5.41 Å². The first-order valence-corrected chi connectivity index (χ1v) is 7.58. The van der Waals surface area contributed by atoms with Crippen LogP contribution in [0.3, 0.4) is 0 Å². The van der Waals surface area contributed by atoms with Crippen LogP contribution in [0, 0.1) is 11.3 Å². The van der Waals surface area contributed by atoms with Gasteiger partial charge >= 0.3 is 0 Å². The summed E-state index contributed by atoms with van der Waals surface area (Å²) in [6.45, 7) is 10.9. The van der Waals surface area contributed by atoms with Crippen LogP contribution < -0.4 is 16.0 Å². The highest BCUT2D eigenvalue weighted by Crippen LogP contribution is 2.12. The minimum absolute atomic E-state index is 0.00698. The van der Waals surface area contributed by atoms with E-state index in [-0.39, 0.29) is 5.91 Å². The molecule has 0 saturated carbocycles. The first-order chi connectivity index (χ1) is 9.83. The fourth-order valence-electron chi connectivity index (χ4n) is 1.64. The standard InChI is InChI=1S/C15H32N4O2/c1-12(2)10-21-9-7-8-18-14(17-6)19-11-15(3,4)13(20)16-5/h12H,7-11H2,1-6H3,(H,16,20)(H2,17,18,19). The van der Waals surface area contributed by atoms with Gasteiger partial charge in [-0.05, 0) is 26.2 Å². The number of amides is 1. The zero-order chi connectivity index (χ0) is 16.3. The van der Waals surface area contributed by atoms with Crippen LogP contribution in [0.15, 0.2) is 4.99 Å². The molecule has 0 heterocycles. The highest BCUT2D eigenvalue weighted by atomic mass is 16.5. The third-order valence-electron chi connectivity index (χ3n) is 2.97. The molecule has 0 aliphatic rings. The summed E-state index contributed by atoms with van der Waals surface area (Å²) >= 11 is 0. The quantitative estimate of drug-likeness (QED) is 0.337. The number of carbonyl (C=O) groups excluding carboxylic acids is 1. The number of rotatable bonds is 9. The molecule has 0 spiro atoms. The average Bonchev–Trinajstić information content (AvgIpc) is 2.44. The third-order valence-corrected chi connectivity index (χ3v) is 2.97. The summed E-state index contributed by atoms with van der Waals surface area (Å²) < 4.78 is 5.52. The highest BCUT2D eigenvalue weighted by Gasteiger charge is 2.26. The average molecular weight is 300 g/mol. The van der Waals surface area contributed by atoms with E-state index in [1.165, 1.54) is 0 Å². The van der Waals surface area contributed by atoms with Crippen LogP contribution in [0.25, 0.3) is 0 Å². The van der Waals surface area contributed by atoms with Crippen molar-refractivity contribution in [3.05, 3.63) is 0 Å². The Morgan fingerprint density at radius 3 is 2.48 bits per heavy atom. The maximum Gasteiger partial charge on any atom is 0.227 e. The number of hydrogen-bond acceptors (Lipinski definition) is 3. The number of nitrogens with one attached hydrogen (secondary N) is 3. The van der Waals surface area contributed by atoms with Crippen molar-refractivity contribution in [3.63, 3.8) is 0 Å². The van der Waals surface area contributed by atoms with Crippen molar-refractivity contribution in [2.75, 3.05) is 40.4 Å². The molecule has 0 aliphatic heterocycles. The van der Waals surface area contributed by atoms with Gasteiger partial charge in [-0.3, -0.25) is 9.79 Å². The van der Waals surface area contributed by atoms with E-state index in [0.29, 0.717) is 18.4 Å². The molecule has 0 fully saturated rings. The number of ether oxygens (including phenoxy) is 1. The third kappa shape index (κ3) is 9.28. The van der Waals surface area contributed by atoms with E-state index in [1.807, 2.05) is 13.8 Å². The predicted molar refractivity (Wildman–Crippen MR) is 87.5 cm³/mol. The summed E-state index contributed by atoms with van der Waals surface area (Å²) in [6.07, 6.45) is 0.923. The number of aliphatic imine (C=N–C) groups is 1.